The smallest absolute Gasteiger partial charge is 0.123 e. The number of hydrogen-bond donors (Lipinski definition) is 0. The van der Waals surface area contributed by atoms with Crippen molar-refractivity contribution in [2.24, 2.45) is 23.7 Å². The molecular formula is C12H22O. The van der Waals surface area contributed by atoms with Crippen molar-refractivity contribution in [3.05, 3.63) is 0 Å². The Kier molecular flexibility index (Phi) is 3.95. The van der Waals surface area contributed by atoms with E-state index in [1.807, 2.05) is 0 Å². The third-order valence-electron chi connectivity index (χ3n) is 3.53. The topological polar surface area (TPSA) is 17.1 Å². The van der Waals surface area contributed by atoms with Gasteiger partial charge in [-0.25, -0.2) is 0 Å². The number of carbonyl (C=O) groups excluding carboxylic acids is 1. The molecule has 0 N–H and O–H groups in total. The van der Waals surface area contributed by atoms with Crippen LogP contribution in [0.5, 0.6) is 0 Å². The second kappa shape index (κ2) is 4.78. The molecule has 1 nitrogen and oxygen atoms in total. The van der Waals surface area contributed by atoms with Crippen LogP contribution in [-0.2, 0) is 4.79 Å². The summed E-state index contributed by atoms with van der Waals surface area (Å²) in [6, 6.07) is 0. The SMILES string of the molecule is CC1CCC(C(C=O)C(C)C)CC1. The van der Waals surface area contributed by atoms with E-state index in [4.69, 9.17) is 0 Å². The first-order valence-corrected chi connectivity index (χ1v) is 5.60. The lowest BCUT2D eigenvalue weighted by atomic mass is 9.73. The molecule has 13 heavy (non-hydrogen) atoms. The maximum Gasteiger partial charge on any atom is 0.123 e. The van der Waals surface area contributed by atoms with Gasteiger partial charge in [0, 0.05) is 5.92 Å². The minimum absolute atomic E-state index is 0.312. The fourth-order valence-corrected chi connectivity index (χ4v) is 2.48. The second-order valence-corrected chi connectivity index (χ2v) is 4.98. The molecule has 1 atom stereocenters. The van der Waals surface area contributed by atoms with Crippen LogP contribution >= 0.6 is 0 Å². The van der Waals surface area contributed by atoms with Crippen molar-refractivity contribution in [2.45, 2.75) is 46.5 Å². The van der Waals surface area contributed by atoms with E-state index in [9.17, 15) is 4.79 Å². The Morgan fingerprint density at radius 2 is 1.69 bits per heavy atom. The van der Waals surface area contributed by atoms with E-state index < -0.39 is 0 Å². The van der Waals surface area contributed by atoms with Crippen LogP contribution < -0.4 is 0 Å². The van der Waals surface area contributed by atoms with Crippen LogP contribution in [0.25, 0.3) is 0 Å². The minimum Gasteiger partial charge on any atom is -0.303 e. The highest BCUT2D eigenvalue weighted by atomic mass is 16.1. The number of carbonyl (C=O) groups is 1. The van der Waals surface area contributed by atoms with Crippen molar-refractivity contribution in [1.82, 2.24) is 0 Å². The number of rotatable bonds is 3. The zero-order valence-corrected chi connectivity index (χ0v) is 9.12. The van der Waals surface area contributed by atoms with Gasteiger partial charge in [0.15, 0.2) is 0 Å². The van der Waals surface area contributed by atoms with E-state index in [2.05, 4.69) is 20.8 Å². The van der Waals surface area contributed by atoms with E-state index in [0.717, 1.165) is 5.92 Å². The van der Waals surface area contributed by atoms with Gasteiger partial charge in [-0.15, -0.1) is 0 Å². The van der Waals surface area contributed by atoms with Gasteiger partial charge in [-0.1, -0.05) is 33.6 Å². The summed E-state index contributed by atoms with van der Waals surface area (Å²) >= 11 is 0. The molecule has 0 heterocycles. The summed E-state index contributed by atoms with van der Waals surface area (Å²) in [5, 5.41) is 0. The monoisotopic (exact) mass is 182 g/mol. The Morgan fingerprint density at radius 1 is 1.15 bits per heavy atom. The van der Waals surface area contributed by atoms with Gasteiger partial charge in [-0.3, -0.25) is 0 Å². The normalized spacial score (nSPS) is 31.7. The highest BCUT2D eigenvalue weighted by Crippen LogP contribution is 2.35. The average molecular weight is 182 g/mol. The summed E-state index contributed by atoms with van der Waals surface area (Å²) in [6.45, 7) is 6.65. The molecule has 0 aliphatic heterocycles. The van der Waals surface area contributed by atoms with Crippen molar-refractivity contribution >= 4 is 6.29 Å². The molecule has 1 unspecified atom stereocenters. The van der Waals surface area contributed by atoms with E-state index in [1.54, 1.807) is 0 Å². The van der Waals surface area contributed by atoms with Crippen molar-refractivity contribution in [1.29, 1.82) is 0 Å². The minimum atomic E-state index is 0.312. The molecule has 1 heteroatoms. The summed E-state index contributed by atoms with van der Waals surface area (Å²) in [6.07, 6.45) is 6.36. The van der Waals surface area contributed by atoms with Gasteiger partial charge in [0.1, 0.15) is 6.29 Å². The molecule has 0 bridgehead atoms. The molecule has 1 fully saturated rings. The first-order chi connectivity index (χ1) is 6.15. The fraction of sp³-hybridized carbons (Fsp3) is 0.917. The van der Waals surface area contributed by atoms with Crippen LogP contribution in [0.4, 0.5) is 0 Å². The zero-order valence-electron chi connectivity index (χ0n) is 9.12. The molecule has 0 aromatic rings. The van der Waals surface area contributed by atoms with Crippen molar-refractivity contribution in [2.75, 3.05) is 0 Å². The highest BCUT2D eigenvalue weighted by molar-refractivity contribution is 5.54. The molecule has 1 aliphatic rings. The summed E-state index contributed by atoms with van der Waals surface area (Å²) in [5.41, 5.74) is 0. The molecule has 0 spiro atoms. The predicted octanol–water partition coefficient (Wildman–Crippen LogP) is 3.28. The third-order valence-corrected chi connectivity index (χ3v) is 3.53. The van der Waals surface area contributed by atoms with Crippen LogP contribution in [0.1, 0.15) is 46.5 Å². The van der Waals surface area contributed by atoms with Gasteiger partial charge in [0.25, 0.3) is 0 Å². The standard InChI is InChI=1S/C12H22O/c1-9(2)12(8-13)11-6-4-10(3)5-7-11/h8-12H,4-7H2,1-3H3. The van der Waals surface area contributed by atoms with E-state index in [-0.39, 0.29) is 0 Å². The van der Waals surface area contributed by atoms with Gasteiger partial charge in [-0.05, 0) is 30.6 Å². The number of aldehydes is 1. The lowest BCUT2D eigenvalue weighted by Gasteiger charge is -2.31. The molecule has 1 saturated carbocycles. The Labute approximate surface area is 81.9 Å². The van der Waals surface area contributed by atoms with Gasteiger partial charge in [0.05, 0.1) is 0 Å². The second-order valence-electron chi connectivity index (χ2n) is 4.98. The van der Waals surface area contributed by atoms with Gasteiger partial charge < -0.3 is 4.79 Å². The van der Waals surface area contributed by atoms with Crippen molar-refractivity contribution in [3.63, 3.8) is 0 Å². The van der Waals surface area contributed by atoms with E-state index in [1.165, 1.54) is 32.0 Å². The Hall–Kier alpha value is -0.330. The molecule has 0 saturated heterocycles. The van der Waals surface area contributed by atoms with Crippen LogP contribution in [0, 0.1) is 23.7 Å². The molecule has 1 aliphatic carbocycles. The quantitative estimate of drug-likeness (QED) is 0.612. The first kappa shape index (κ1) is 10.7. The van der Waals surface area contributed by atoms with Crippen molar-refractivity contribution < 1.29 is 4.79 Å². The largest absolute Gasteiger partial charge is 0.303 e. The third kappa shape index (κ3) is 2.82. The van der Waals surface area contributed by atoms with Gasteiger partial charge in [-0.2, -0.15) is 0 Å². The maximum absolute atomic E-state index is 10.9. The summed E-state index contributed by atoms with van der Waals surface area (Å²) in [7, 11) is 0. The van der Waals surface area contributed by atoms with Crippen LogP contribution in [0.3, 0.4) is 0 Å². The van der Waals surface area contributed by atoms with Gasteiger partial charge in [0.2, 0.25) is 0 Å². The summed E-state index contributed by atoms with van der Waals surface area (Å²) < 4.78 is 0. The molecule has 0 amide bonds. The molecule has 0 radical (unpaired) electrons. The summed E-state index contributed by atoms with van der Waals surface area (Å²) in [5.74, 6) is 2.40. The van der Waals surface area contributed by atoms with Crippen molar-refractivity contribution in [3.8, 4) is 0 Å². The lowest BCUT2D eigenvalue weighted by Crippen LogP contribution is -2.25. The average Bonchev–Trinajstić information content (AvgIpc) is 2.09. The molecule has 0 aromatic carbocycles. The van der Waals surface area contributed by atoms with Crippen LogP contribution in [0.15, 0.2) is 0 Å². The zero-order chi connectivity index (χ0) is 9.84. The predicted molar refractivity (Wildman–Crippen MR) is 55.5 cm³/mol. The van der Waals surface area contributed by atoms with E-state index >= 15 is 0 Å². The van der Waals surface area contributed by atoms with Gasteiger partial charge >= 0.3 is 0 Å². The summed E-state index contributed by atoms with van der Waals surface area (Å²) in [4.78, 5) is 10.9. The Bertz CT molecular complexity index is 155. The van der Waals surface area contributed by atoms with Crippen LogP contribution in [-0.4, -0.2) is 6.29 Å². The molecule has 1 rings (SSSR count). The number of hydrogen-bond acceptors (Lipinski definition) is 1. The Balaban J connectivity index is 2.46. The molecular weight excluding hydrogens is 160 g/mol. The maximum atomic E-state index is 10.9. The first-order valence-electron chi connectivity index (χ1n) is 5.60. The van der Waals surface area contributed by atoms with Crippen LogP contribution in [0.2, 0.25) is 0 Å². The van der Waals surface area contributed by atoms with E-state index in [0.29, 0.717) is 17.8 Å². The lowest BCUT2D eigenvalue weighted by molar-refractivity contribution is -0.114. The highest BCUT2D eigenvalue weighted by Gasteiger charge is 2.27. The fourth-order valence-electron chi connectivity index (χ4n) is 2.48. The Morgan fingerprint density at radius 3 is 2.08 bits per heavy atom. The molecule has 76 valence electrons. The molecule has 0 aromatic heterocycles.